The van der Waals surface area contributed by atoms with Crippen LogP contribution in [0.5, 0.6) is 5.75 Å². The molecule has 1 aromatic carbocycles. The molecule has 96 valence electrons. The third-order valence-electron chi connectivity index (χ3n) is 2.98. The second kappa shape index (κ2) is 5.20. The van der Waals surface area contributed by atoms with Gasteiger partial charge in [-0.25, -0.2) is 5.43 Å². The number of hydrogen-bond acceptors (Lipinski definition) is 4. The molecule has 0 aliphatic carbocycles. The summed E-state index contributed by atoms with van der Waals surface area (Å²) in [7, 11) is 3.55. The molecule has 1 heterocycles. The Labute approximate surface area is 107 Å². The van der Waals surface area contributed by atoms with E-state index in [4.69, 9.17) is 10.6 Å². The molecule has 5 nitrogen and oxygen atoms in total. The van der Waals surface area contributed by atoms with Crippen LogP contribution in [0.25, 0.3) is 0 Å². The number of benzene rings is 1. The number of aromatic nitrogens is 2. The Morgan fingerprint density at radius 2 is 2.00 bits per heavy atom. The van der Waals surface area contributed by atoms with Crippen molar-refractivity contribution in [2.75, 3.05) is 7.11 Å². The number of nitrogens with two attached hydrogens (primary N) is 1. The fourth-order valence-corrected chi connectivity index (χ4v) is 2.06. The van der Waals surface area contributed by atoms with Crippen molar-refractivity contribution in [2.24, 2.45) is 12.9 Å². The third kappa shape index (κ3) is 2.37. The number of ether oxygens (including phenoxy) is 1. The van der Waals surface area contributed by atoms with E-state index in [2.05, 4.69) is 10.5 Å². The van der Waals surface area contributed by atoms with E-state index in [-0.39, 0.29) is 6.04 Å². The lowest BCUT2D eigenvalue weighted by molar-refractivity contribution is 0.414. The van der Waals surface area contributed by atoms with E-state index in [0.717, 1.165) is 22.6 Å². The monoisotopic (exact) mass is 246 g/mol. The molecule has 0 spiro atoms. The molecule has 0 radical (unpaired) electrons. The zero-order valence-corrected chi connectivity index (χ0v) is 10.8. The molecule has 0 aliphatic heterocycles. The van der Waals surface area contributed by atoms with Crippen LogP contribution in [-0.4, -0.2) is 16.9 Å². The topological polar surface area (TPSA) is 65.1 Å². The van der Waals surface area contributed by atoms with Crippen molar-refractivity contribution < 1.29 is 4.74 Å². The molecule has 18 heavy (non-hydrogen) atoms. The predicted molar refractivity (Wildman–Crippen MR) is 70.1 cm³/mol. The molecule has 0 amide bonds. The van der Waals surface area contributed by atoms with Crippen LogP contribution in [0.1, 0.15) is 22.9 Å². The van der Waals surface area contributed by atoms with Crippen LogP contribution in [0.3, 0.4) is 0 Å². The van der Waals surface area contributed by atoms with Crippen LogP contribution in [0.15, 0.2) is 30.5 Å². The lowest BCUT2D eigenvalue weighted by Gasteiger charge is -2.16. The first-order valence-electron chi connectivity index (χ1n) is 5.76. The summed E-state index contributed by atoms with van der Waals surface area (Å²) in [5.74, 6) is 6.50. The van der Waals surface area contributed by atoms with E-state index < -0.39 is 0 Å². The smallest absolute Gasteiger partial charge is 0.118 e. The Bertz CT molecular complexity index is 518. The molecule has 0 bridgehead atoms. The SMILES string of the molecule is COc1ccc(C(NN)c2cn(C)nc2C)cc1. The Morgan fingerprint density at radius 3 is 2.44 bits per heavy atom. The highest BCUT2D eigenvalue weighted by molar-refractivity contribution is 5.36. The molecule has 0 fully saturated rings. The van der Waals surface area contributed by atoms with Gasteiger partial charge in [-0.15, -0.1) is 0 Å². The predicted octanol–water partition coefficient (Wildman–Crippen LogP) is 1.29. The lowest BCUT2D eigenvalue weighted by atomic mass is 10.00. The Balaban J connectivity index is 2.35. The second-order valence-corrected chi connectivity index (χ2v) is 4.22. The molecule has 0 saturated heterocycles. The molecule has 1 aromatic heterocycles. The summed E-state index contributed by atoms with van der Waals surface area (Å²) in [5, 5.41) is 4.34. The van der Waals surface area contributed by atoms with E-state index in [9.17, 15) is 0 Å². The molecular formula is C13H18N4O. The van der Waals surface area contributed by atoms with Crippen LogP contribution in [-0.2, 0) is 7.05 Å². The molecule has 0 saturated carbocycles. The summed E-state index contributed by atoms with van der Waals surface area (Å²) < 4.78 is 6.94. The van der Waals surface area contributed by atoms with Crippen LogP contribution >= 0.6 is 0 Å². The van der Waals surface area contributed by atoms with Gasteiger partial charge in [0.1, 0.15) is 5.75 Å². The molecule has 2 aromatic rings. The van der Waals surface area contributed by atoms with Crippen molar-refractivity contribution in [3.63, 3.8) is 0 Å². The number of nitrogens with zero attached hydrogens (tertiary/aromatic N) is 2. The van der Waals surface area contributed by atoms with Crippen molar-refractivity contribution in [1.82, 2.24) is 15.2 Å². The highest BCUT2D eigenvalue weighted by Gasteiger charge is 2.17. The highest BCUT2D eigenvalue weighted by atomic mass is 16.5. The van der Waals surface area contributed by atoms with Gasteiger partial charge in [-0.2, -0.15) is 5.10 Å². The first-order valence-corrected chi connectivity index (χ1v) is 5.76. The largest absolute Gasteiger partial charge is 0.497 e. The third-order valence-corrected chi connectivity index (χ3v) is 2.98. The number of rotatable bonds is 4. The fraction of sp³-hybridized carbons (Fsp3) is 0.308. The molecule has 2 rings (SSSR count). The minimum atomic E-state index is -0.0652. The number of hydrogen-bond donors (Lipinski definition) is 2. The van der Waals surface area contributed by atoms with Gasteiger partial charge in [0.15, 0.2) is 0 Å². The van der Waals surface area contributed by atoms with E-state index in [1.54, 1.807) is 11.8 Å². The average molecular weight is 246 g/mol. The van der Waals surface area contributed by atoms with Crippen LogP contribution in [0.4, 0.5) is 0 Å². The van der Waals surface area contributed by atoms with E-state index in [0.29, 0.717) is 0 Å². The maximum atomic E-state index is 5.67. The Kier molecular flexibility index (Phi) is 3.64. The zero-order valence-electron chi connectivity index (χ0n) is 10.8. The van der Waals surface area contributed by atoms with Crippen molar-refractivity contribution >= 4 is 0 Å². The summed E-state index contributed by atoms with van der Waals surface area (Å²) in [6.07, 6.45) is 1.98. The molecule has 3 N–H and O–H groups in total. The molecule has 1 unspecified atom stereocenters. The van der Waals surface area contributed by atoms with Crippen LogP contribution in [0, 0.1) is 6.92 Å². The van der Waals surface area contributed by atoms with Gasteiger partial charge in [-0.05, 0) is 24.6 Å². The molecular weight excluding hydrogens is 228 g/mol. The quantitative estimate of drug-likeness (QED) is 0.630. The first kappa shape index (κ1) is 12.6. The van der Waals surface area contributed by atoms with E-state index in [1.165, 1.54) is 0 Å². The lowest BCUT2D eigenvalue weighted by Crippen LogP contribution is -2.29. The minimum Gasteiger partial charge on any atom is -0.497 e. The first-order chi connectivity index (χ1) is 8.65. The highest BCUT2D eigenvalue weighted by Crippen LogP contribution is 2.25. The summed E-state index contributed by atoms with van der Waals surface area (Å²) in [4.78, 5) is 0. The number of hydrazine groups is 1. The number of aryl methyl sites for hydroxylation is 2. The Hall–Kier alpha value is -1.85. The summed E-state index contributed by atoms with van der Waals surface area (Å²) in [6, 6.07) is 7.77. The maximum absolute atomic E-state index is 5.67. The standard InChI is InChI=1S/C13H18N4O/c1-9-12(8-17(2)16-9)13(15-14)10-4-6-11(18-3)7-5-10/h4-8,13,15H,14H2,1-3H3. The Morgan fingerprint density at radius 1 is 1.33 bits per heavy atom. The van der Waals surface area contributed by atoms with Gasteiger partial charge in [-0.1, -0.05) is 12.1 Å². The van der Waals surface area contributed by atoms with Crippen LogP contribution in [0.2, 0.25) is 0 Å². The number of methoxy groups -OCH3 is 1. The normalized spacial score (nSPS) is 12.4. The van der Waals surface area contributed by atoms with Gasteiger partial charge in [0, 0.05) is 18.8 Å². The second-order valence-electron chi connectivity index (χ2n) is 4.22. The van der Waals surface area contributed by atoms with Crippen molar-refractivity contribution in [2.45, 2.75) is 13.0 Å². The van der Waals surface area contributed by atoms with Gasteiger partial charge in [-0.3, -0.25) is 10.5 Å². The summed E-state index contributed by atoms with van der Waals surface area (Å²) >= 11 is 0. The van der Waals surface area contributed by atoms with Gasteiger partial charge in [0.25, 0.3) is 0 Å². The minimum absolute atomic E-state index is 0.0652. The van der Waals surface area contributed by atoms with Crippen molar-refractivity contribution in [3.8, 4) is 5.75 Å². The molecule has 5 heteroatoms. The average Bonchev–Trinajstić information content (AvgIpc) is 2.70. The van der Waals surface area contributed by atoms with E-state index in [1.807, 2.05) is 44.4 Å². The van der Waals surface area contributed by atoms with Gasteiger partial charge >= 0.3 is 0 Å². The molecule has 0 aliphatic rings. The van der Waals surface area contributed by atoms with E-state index >= 15 is 0 Å². The fourth-order valence-electron chi connectivity index (χ4n) is 2.06. The molecule has 1 atom stereocenters. The van der Waals surface area contributed by atoms with Gasteiger partial charge in [0.2, 0.25) is 0 Å². The maximum Gasteiger partial charge on any atom is 0.118 e. The number of nitrogens with one attached hydrogen (secondary N) is 1. The van der Waals surface area contributed by atoms with Crippen molar-refractivity contribution in [1.29, 1.82) is 0 Å². The van der Waals surface area contributed by atoms with Gasteiger partial charge < -0.3 is 4.74 Å². The van der Waals surface area contributed by atoms with Gasteiger partial charge in [0.05, 0.1) is 18.8 Å². The summed E-state index contributed by atoms with van der Waals surface area (Å²) in [5.41, 5.74) is 5.95. The zero-order chi connectivity index (χ0) is 13.1. The van der Waals surface area contributed by atoms with Crippen LogP contribution < -0.4 is 16.0 Å². The summed E-state index contributed by atoms with van der Waals surface area (Å²) in [6.45, 7) is 1.98. The van der Waals surface area contributed by atoms with Crippen molar-refractivity contribution in [3.05, 3.63) is 47.3 Å².